The first-order valence-electron chi connectivity index (χ1n) is 5.69. The first kappa shape index (κ1) is 14.7. The summed E-state index contributed by atoms with van der Waals surface area (Å²) in [5.74, 6) is 0. The van der Waals surface area contributed by atoms with Crippen LogP contribution >= 0.6 is 0 Å². The van der Waals surface area contributed by atoms with Crippen molar-refractivity contribution in [2.24, 2.45) is 5.16 Å². The molecule has 18 heavy (non-hydrogen) atoms. The summed E-state index contributed by atoms with van der Waals surface area (Å²) in [5.41, 5.74) is 1.52. The molecule has 0 radical (unpaired) electrons. The summed E-state index contributed by atoms with van der Waals surface area (Å²) in [6.45, 7) is 4.15. The highest BCUT2D eigenvalue weighted by Gasteiger charge is 2.12. The lowest BCUT2D eigenvalue weighted by molar-refractivity contribution is 0.213. The first-order chi connectivity index (χ1) is 8.51. The molecule has 0 unspecified atom stereocenters. The molecule has 0 amide bonds. The number of oxime groups is 1. The molecular formula is C12H18N2O3S. The zero-order valence-electron chi connectivity index (χ0n) is 10.8. The molecule has 1 N–H and O–H groups in total. The van der Waals surface area contributed by atoms with Crippen LogP contribution in [-0.4, -0.2) is 27.8 Å². The molecule has 0 saturated heterocycles. The minimum Gasteiger partial charge on any atom is -0.399 e. The van der Waals surface area contributed by atoms with Gasteiger partial charge in [-0.3, -0.25) is 0 Å². The highest BCUT2D eigenvalue weighted by Crippen LogP contribution is 2.11. The van der Waals surface area contributed by atoms with E-state index in [0.717, 1.165) is 12.0 Å². The van der Waals surface area contributed by atoms with Gasteiger partial charge in [0.15, 0.2) is 0 Å². The van der Waals surface area contributed by atoms with E-state index >= 15 is 0 Å². The Bertz CT molecular complexity index is 507. The Labute approximate surface area is 108 Å². The third kappa shape index (κ3) is 3.82. The van der Waals surface area contributed by atoms with Gasteiger partial charge in [0, 0.05) is 6.54 Å². The lowest BCUT2D eigenvalue weighted by Gasteiger charge is -2.06. The van der Waals surface area contributed by atoms with E-state index in [4.69, 9.17) is 0 Å². The van der Waals surface area contributed by atoms with Crippen molar-refractivity contribution in [3.63, 3.8) is 0 Å². The molecule has 0 bridgehead atoms. The van der Waals surface area contributed by atoms with Gasteiger partial charge < -0.3 is 4.84 Å². The van der Waals surface area contributed by atoms with Gasteiger partial charge in [0.05, 0.1) is 10.6 Å². The number of hydrogen-bond acceptors (Lipinski definition) is 4. The fraction of sp³-hybridized carbons (Fsp3) is 0.417. The summed E-state index contributed by atoms with van der Waals surface area (Å²) in [6.07, 6.45) is 0.761. The molecule has 1 rings (SSSR count). The van der Waals surface area contributed by atoms with Crippen molar-refractivity contribution >= 4 is 15.7 Å². The molecule has 100 valence electrons. The average molecular weight is 270 g/mol. The minimum atomic E-state index is -3.40. The van der Waals surface area contributed by atoms with Crippen LogP contribution in [-0.2, 0) is 14.9 Å². The van der Waals surface area contributed by atoms with E-state index in [9.17, 15) is 8.42 Å². The van der Waals surface area contributed by atoms with Gasteiger partial charge in [-0.05, 0) is 31.0 Å². The Morgan fingerprint density at radius 3 is 2.44 bits per heavy atom. The average Bonchev–Trinajstić information content (AvgIpc) is 2.37. The highest BCUT2D eigenvalue weighted by molar-refractivity contribution is 7.89. The van der Waals surface area contributed by atoms with Crippen LogP contribution in [0.2, 0.25) is 0 Å². The Kier molecular flexibility index (Phi) is 5.30. The number of sulfonamides is 1. The maximum absolute atomic E-state index is 11.8. The van der Waals surface area contributed by atoms with Crippen molar-refractivity contribution in [2.75, 3.05) is 13.7 Å². The predicted octanol–water partition coefficient (Wildman–Crippen LogP) is 1.75. The van der Waals surface area contributed by atoms with Crippen molar-refractivity contribution in [1.29, 1.82) is 0 Å². The molecule has 0 aromatic heterocycles. The topological polar surface area (TPSA) is 67.8 Å². The summed E-state index contributed by atoms with van der Waals surface area (Å²) in [5, 5.41) is 3.79. The third-order valence-corrected chi connectivity index (χ3v) is 3.83. The molecule has 0 saturated carbocycles. The van der Waals surface area contributed by atoms with E-state index in [1.807, 2.05) is 6.92 Å². The number of hydrogen-bond donors (Lipinski definition) is 1. The van der Waals surface area contributed by atoms with E-state index in [1.165, 1.54) is 7.11 Å². The second-order valence-electron chi connectivity index (χ2n) is 3.78. The number of nitrogens with zero attached hydrogens (tertiary/aromatic N) is 1. The molecule has 1 aromatic carbocycles. The van der Waals surface area contributed by atoms with Crippen LogP contribution in [0.15, 0.2) is 34.3 Å². The quantitative estimate of drug-likeness (QED) is 0.632. The van der Waals surface area contributed by atoms with E-state index in [1.54, 1.807) is 31.2 Å². The van der Waals surface area contributed by atoms with Crippen molar-refractivity contribution < 1.29 is 13.3 Å². The van der Waals surface area contributed by atoms with Crippen LogP contribution < -0.4 is 4.72 Å². The Morgan fingerprint density at radius 1 is 1.33 bits per heavy atom. The van der Waals surface area contributed by atoms with Crippen molar-refractivity contribution in [2.45, 2.75) is 25.2 Å². The van der Waals surface area contributed by atoms with Gasteiger partial charge in [-0.2, -0.15) is 0 Å². The second-order valence-corrected chi connectivity index (χ2v) is 5.55. The second kappa shape index (κ2) is 6.51. The molecule has 0 aliphatic heterocycles. The normalized spacial score (nSPS) is 12.5. The van der Waals surface area contributed by atoms with Gasteiger partial charge >= 0.3 is 0 Å². The smallest absolute Gasteiger partial charge is 0.240 e. The van der Waals surface area contributed by atoms with E-state index in [2.05, 4.69) is 14.7 Å². The Morgan fingerprint density at radius 2 is 1.94 bits per heavy atom. The molecule has 0 aliphatic carbocycles. The van der Waals surface area contributed by atoms with Crippen LogP contribution in [0, 0.1) is 0 Å². The fourth-order valence-electron chi connectivity index (χ4n) is 1.38. The lowest BCUT2D eigenvalue weighted by atomic mass is 10.1. The number of rotatable bonds is 6. The van der Waals surface area contributed by atoms with E-state index in [0.29, 0.717) is 12.3 Å². The standard InChI is InChI=1S/C12H18N2O3S/c1-4-9-13-18(15,16)12-7-5-11(6-8-12)10(2)14-17-3/h5-8,13H,4,9H2,1-3H3/b14-10+. The predicted molar refractivity (Wildman–Crippen MR) is 71.1 cm³/mol. The monoisotopic (exact) mass is 270 g/mol. The van der Waals surface area contributed by atoms with Crippen LogP contribution in [0.5, 0.6) is 0 Å². The lowest BCUT2D eigenvalue weighted by Crippen LogP contribution is -2.24. The number of benzene rings is 1. The molecule has 0 atom stereocenters. The highest BCUT2D eigenvalue weighted by atomic mass is 32.2. The summed E-state index contributed by atoms with van der Waals surface area (Å²) in [6, 6.07) is 6.53. The zero-order valence-corrected chi connectivity index (χ0v) is 11.6. The van der Waals surface area contributed by atoms with Crippen LogP contribution in [0.3, 0.4) is 0 Å². The molecule has 5 nitrogen and oxygen atoms in total. The van der Waals surface area contributed by atoms with Crippen molar-refractivity contribution in [3.8, 4) is 0 Å². The van der Waals surface area contributed by atoms with Crippen LogP contribution in [0.1, 0.15) is 25.8 Å². The summed E-state index contributed by atoms with van der Waals surface area (Å²) in [7, 11) is -1.93. The van der Waals surface area contributed by atoms with Crippen LogP contribution in [0.25, 0.3) is 0 Å². The van der Waals surface area contributed by atoms with Gasteiger partial charge in [0.1, 0.15) is 7.11 Å². The summed E-state index contributed by atoms with van der Waals surface area (Å²) >= 11 is 0. The first-order valence-corrected chi connectivity index (χ1v) is 7.17. The largest absolute Gasteiger partial charge is 0.399 e. The molecule has 0 fully saturated rings. The van der Waals surface area contributed by atoms with Crippen LogP contribution in [0.4, 0.5) is 0 Å². The summed E-state index contributed by atoms with van der Waals surface area (Å²) in [4.78, 5) is 4.92. The van der Waals surface area contributed by atoms with Gasteiger partial charge in [-0.25, -0.2) is 13.1 Å². The maximum Gasteiger partial charge on any atom is 0.240 e. The molecule has 1 aromatic rings. The molecule has 0 aliphatic rings. The SMILES string of the molecule is CCCNS(=O)(=O)c1ccc(/C(C)=N/OC)cc1. The molecule has 0 spiro atoms. The minimum absolute atomic E-state index is 0.255. The molecule has 0 heterocycles. The third-order valence-electron chi connectivity index (χ3n) is 2.35. The van der Waals surface area contributed by atoms with Gasteiger partial charge in [0.25, 0.3) is 0 Å². The van der Waals surface area contributed by atoms with Gasteiger partial charge in [-0.1, -0.05) is 24.2 Å². The van der Waals surface area contributed by atoms with Crippen molar-refractivity contribution in [1.82, 2.24) is 4.72 Å². The van der Waals surface area contributed by atoms with E-state index < -0.39 is 10.0 Å². The molecule has 6 heteroatoms. The number of nitrogens with one attached hydrogen (secondary N) is 1. The maximum atomic E-state index is 11.8. The summed E-state index contributed by atoms with van der Waals surface area (Å²) < 4.78 is 26.2. The Hall–Kier alpha value is -1.40. The van der Waals surface area contributed by atoms with Gasteiger partial charge in [-0.15, -0.1) is 0 Å². The fourth-order valence-corrected chi connectivity index (χ4v) is 2.52. The van der Waals surface area contributed by atoms with Gasteiger partial charge in [0.2, 0.25) is 10.0 Å². The van der Waals surface area contributed by atoms with E-state index in [-0.39, 0.29) is 4.90 Å². The zero-order chi connectivity index (χ0) is 13.6. The molecular weight excluding hydrogens is 252 g/mol. The Balaban J connectivity index is 2.92. The van der Waals surface area contributed by atoms with Crippen molar-refractivity contribution in [3.05, 3.63) is 29.8 Å².